The van der Waals surface area contributed by atoms with Crippen molar-refractivity contribution in [2.24, 2.45) is 4.99 Å². The normalized spacial score (nSPS) is 18.0. The summed E-state index contributed by atoms with van der Waals surface area (Å²) in [5, 5.41) is 56.3. The monoisotopic (exact) mass is 1300 g/mol. The number of phenolic OH excluding ortho intramolecular Hbond substituents is 1. The molecule has 0 aliphatic carbocycles. The molecule has 5 aliphatic heterocycles. The van der Waals surface area contributed by atoms with Gasteiger partial charge in [-0.05, 0) is 82.2 Å². The first-order chi connectivity index (χ1) is 35.3. The van der Waals surface area contributed by atoms with Gasteiger partial charge in [0.25, 0.3) is 11.4 Å². The molecular formula is C58H68I2N5O13-. The van der Waals surface area contributed by atoms with E-state index >= 15 is 0 Å². The van der Waals surface area contributed by atoms with E-state index in [1.165, 1.54) is 34.7 Å². The Morgan fingerprint density at radius 3 is 1.88 bits per heavy atom. The van der Waals surface area contributed by atoms with Gasteiger partial charge in [-0.1, -0.05) is 83.3 Å². The summed E-state index contributed by atoms with van der Waals surface area (Å²) in [6.07, 6.45) is 4.22. The van der Waals surface area contributed by atoms with Gasteiger partial charge in [-0.25, -0.2) is 0 Å². The molecule has 2 atom stereocenters. The zero-order valence-corrected chi connectivity index (χ0v) is 47.5. The third kappa shape index (κ3) is 14.0. The fourth-order valence-corrected chi connectivity index (χ4v) is 10.2. The van der Waals surface area contributed by atoms with Crippen LogP contribution in [0.2, 0.25) is 0 Å². The van der Waals surface area contributed by atoms with Crippen molar-refractivity contribution >= 4 is 70.1 Å². The number of para-hydroxylation sites is 3. The number of nitro benzene ring substituents is 2. The Morgan fingerprint density at radius 2 is 1.33 bits per heavy atom. The molecule has 10 rings (SSSR count). The van der Waals surface area contributed by atoms with Crippen LogP contribution in [0.25, 0.3) is 6.08 Å². The summed E-state index contributed by atoms with van der Waals surface area (Å²) in [7, 11) is 0. The first-order valence-electron chi connectivity index (χ1n) is 23.8. The van der Waals surface area contributed by atoms with Crippen LogP contribution in [0.1, 0.15) is 116 Å². The Bertz CT molecular complexity index is 3170. The Kier molecular flexibility index (Phi) is 22.2. The summed E-state index contributed by atoms with van der Waals surface area (Å²) >= 11 is 0.134. The number of carboxylic acid groups (broad SMARTS) is 3. The number of aliphatic carboxylic acids is 3. The summed E-state index contributed by atoms with van der Waals surface area (Å²) in [5.74, 6) is -1.93. The van der Waals surface area contributed by atoms with Crippen molar-refractivity contribution in [3.63, 3.8) is 0 Å². The molecule has 0 radical (unpaired) electrons. The van der Waals surface area contributed by atoms with Crippen LogP contribution in [0.5, 0.6) is 11.5 Å². The first kappa shape index (κ1) is 65.2. The van der Waals surface area contributed by atoms with E-state index in [9.17, 15) is 44.5 Å². The molecular weight excluding hydrogens is 1230 g/mol. The molecule has 418 valence electrons. The molecule has 18 nitrogen and oxygen atoms in total. The van der Waals surface area contributed by atoms with Crippen LogP contribution in [0, 0.1) is 20.2 Å². The van der Waals surface area contributed by atoms with Crippen molar-refractivity contribution in [3.8, 4) is 11.5 Å². The molecule has 78 heavy (non-hydrogen) atoms. The first-order valence-corrected chi connectivity index (χ1v) is 26.6. The van der Waals surface area contributed by atoms with Crippen molar-refractivity contribution in [2.45, 2.75) is 109 Å². The second kappa shape index (κ2) is 26.5. The van der Waals surface area contributed by atoms with Crippen LogP contribution < -0.4 is 54.8 Å². The maximum absolute atomic E-state index is 11.3. The molecule has 0 bridgehead atoms. The summed E-state index contributed by atoms with van der Waals surface area (Å²) in [6.45, 7) is 17.9. The standard InChI is InChI=1S/C21H20N2O5.C14H17NO2.C11H13N.C7H5NO4.C3H4IO2.2CH4.HI/c1-20(2)16-5-3-4-6-17(16)22(12-10-19(24)25)21(20)11-9-14-13-15(23(26)27)7-8-18(14)28-21;1-10-14(2,3)11-6-4-5-7-12(11)15(10)9-8-13(16)17;1-8-11(2,3)9-6-4-5-7-10(9)12-8;9-4-5-3-6(8(11)12)1-2-7(5)10;5-3(6)2-1-4-2;;;/h3-9,11,13H,10,12H2,1-2H3,(H,24,25);4-7H,8-9H2,1-3H3;4-7H,1-3H3;1-4,10H;2H,1H2,(H,5,6);2*1H4;1H/q;;;;-1;;;/t21-;;;;;;;/m1......./s1. The van der Waals surface area contributed by atoms with Crippen LogP contribution in [0.3, 0.4) is 0 Å². The number of aldehydes is 1. The number of nitro groups is 2. The molecule has 1 spiro atoms. The number of halogens is 2. The number of carbonyl (C=O) groups excluding carboxylic acids is 1. The number of alkyl halides is 2. The van der Waals surface area contributed by atoms with Crippen molar-refractivity contribution in [1.82, 2.24) is 0 Å². The van der Waals surface area contributed by atoms with E-state index in [-0.39, 0.29) is 117 Å². The minimum Gasteiger partial charge on any atom is -1.00 e. The number of benzene rings is 5. The van der Waals surface area contributed by atoms with Gasteiger partial charge < -0.3 is 48.9 Å². The zero-order valence-electron chi connectivity index (χ0n) is 43.2. The average molecular weight is 1300 g/mol. The van der Waals surface area contributed by atoms with Gasteiger partial charge in [-0.3, -0.25) is 39.6 Å². The van der Waals surface area contributed by atoms with Gasteiger partial charge in [-0.15, -0.1) is 0 Å². The molecule has 0 amide bonds. The number of aromatic hydroxyl groups is 1. The van der Waals surface area contributed by atoms with Crippen molar-refractivity contribution < 1.29 is 104 Å². The maximum Gasteiger partial charge on any atom is 0.270 e. The number of hydrogen-bond donors (Lipinski definition) is 4. The molecule has 20 heteroatoms. The number of rotatable bonds is 10. The number of aliphatic imine (C=N–C) groups is 1. The van der Waals surface area contributed by atoms with E-state index in [0.717, 1.165) is 45.3 Å². The van der Waals surface area contributed by atoms with Gasteiger partial charge in [0.05, 0.1) is 38.3 Å². The second-order valence-electron chi connectivity index (χ2n) is 19.6. The predicted octanol–water partition coefficient (Wildman–Crippen LogP) is 5.53. The number of anilines is 1. The van der Waals surface area contributed by atoms with Gasteiger partial charge in [-0.2, -0.15) is 4.58 Å². The fourth-order valence-electron chi connectivity index (χ4n) is 9.19. The molecule has 1 saturated heterocycles. The maximum atomic E-state index is 11.3. The van der Waals surface area contributed by atoms with Crippen molar-refractivity contribution in [1.29, 1.82) is 0 Å². The fraction of sp³-hybridized carbons (Fsp3) is 0.345. The van der Waals surface area contributed by atoms with E-state index in [1.807, 2.05) is 59.5 Å². The molecule has 5 aromatic rings. The topological polar surface area (TPSA) is 263 Å². The molecule has 4 N–H and O–H groups in total. The third-order valence-electron chi connectivity index (χ3n) is 14.1. The second-order valence-corrected chi connectivity index (χ2v) is 22.9. The third-order valence-corrected chi connectivity index (χ3v) is 16.4. The Balaban J connectivity index is 0.000000275. The molecule has 1 fully saturated rings. The Morgan fingerprint density at radius 1 is 0.782 bits per heavy atom. The summed E-state index contributed by atoms with van der Waals surface area (Å²) in [5.41, 5.74) is 8.42. The molecule has 5 aromatic carbocycles. The predicted molar refractivity (Wildman–Crippen MR) is 294 cm³/mol. The molecule has 1 unspecified atom stereocenters. The molecule has 0 aromatic heterocycles. The van der Waals surface area contributed by atoms with E-state index in [4.69, 9.17) is 20.1 Å². The number of fused-ring (bicyclic) bond motifs is 4. The van der Waals surface area contributed by atoms with Crippen LogP contribution in [-0.4, -0.2) is 97.6 Å². The van der Waals surface area contributed by atoms with E-state index in [2.05, 4.69) is 95.3 Å². The van der Waals surface area contributed by atoms with Crippen molar-refractivity contribution in [3.05, 3.63) is 163 Å². The van der Waals surface area contributed by atoms with Gasteiger partial charge in [0.15, 0.2) is 18.5 Å². The van der Waals surface area contributed by atoms with E-state index in [1.54, 1.807) is 6.07 Å². The Labute approximate surface area is 482 Å². The largest absolute Gasteiger partial charge is 1.00 e. The quantitative estimate of drug-likeness (QED) is 0.0335. The minimum atomic E-state index is -0.921. The van der Waals surface area contributed by atoms with Crippen LogP contribution >= 0.6 is 0 Å². The van der Waals surface area contributed by atoms with Gasteiger partial charge in [0.2, 0.25) is 11.4 Å². The summed E-state index contributed by atoms with van der Waals surface area (Å²) in [6, 6.07) is 32.2. The number of hydrogen-bond acceptors (Lipinski definition) is 12. The van der Waals surface area contributed by atoms with Crippen LogP contribution in [0.15, 0.2) is 120 Å². The number of nitrogens with zero attached hydrogens (tertiary/aromatic N) is 5. The molecule has 0 saturated carbocycles. The number of non-ortho nitro benzene ring substituents is 2. The number of ether oxygens (including phenoxy) is 1. The van der Waals surface area contributed by atoms with E-state index < -0.39 is 38.9 Å². The molecule has 5 aliphatic rings. The van der Waals surface area contributed by atoms with E-state index in [0.29, 0.717) is 24.1 Å². The number of phenols is 1. The smallest absolute Gasteiger partial charge is 0.270 e. The minimum absolute atomic E-state index is 0. The van der Waals surface area contributed by atoms with Gasteiger partial charge >= 0.3 is 57.4 Å². The van der Waals surface area contributed by atoms with Crippen LogP contribution in [-0.2, 0) is 30.6 Å². The van der Waals surface area contributed by atoms with Gasteiger partial charge in [0.1, 0.15) is 17.9 Å². The zero-order chi connectivity index (χ0) is 55.2. The molecule has 5 heterocycles. The summed E-state index contributed by atoms with van der Waals surface area (Å²) < 4.78 is 9.75. The Hall–Kier alpha value is -7.08. The average Bonchev–Trinajstić information content (AvgIpc) is 4.15. The number of carbonyl (C=O) groups is 4. The SMILES string of the molecule is C.C.CC1(C)c2ccccc2N(CCC(=O)O)[C@@]12C=Cc1cc([N+](=O)[O-])ccc1O2.CC1=Nc2ccccc2C1(C)C.CC1=[N+](CCC(=O)O)c2ccccc2C1(C)C.O=C(O)C1C[I-]1.O=Cc1cc([N+](=O)[O-])ccc1O.[I-]. The summed E-state index contributed by atoms with van der Waals surface area (Å²) in [4.78, 5) is 68.6. The number of carboxylic acids is 3. The van der Waals surface area contributed by atoms with Crippen molar-refractivity contribution in [2.75, 3.05) is 22.4 Å². The van der Waals surface area contributed by atoms with Crippen LogP contribution in [0.4, 0.5) is 28.4 Å². The van der Waals surface area contributed by atoms with Gasteiger partial charge in [0, 0.05) is 71.7 Å².